The summed E-state index contributed by atoms with van der Waals surface area (Å²) in [6.07, 6.45) is 0. The maximum absolute atomic E-state index is 11.5. The molecule has 0 N–H and O–H groups in total. The highest BCUT2D eigenvalue weighted by atomic mass is 32.2. The summed E-state index contributed by atoms with van der Waals surface area (Å²) in [5, 5.41) is 0.976. The largest absolute Gasteiger partial charge is 0.481 e. The standard InChI is InChI=1S/C11H15NO3S/c1-7(2)16-10-8(11(13)15-4)5-6-9(12-10)14-3/h5-7H,1-4H3. The second kappa shape index (κ2) is 5.75. The molecule has 4 nitrogen and oxygen atoms in total. The molecule has 5 heteroatoms. The first-order valence-corrected chi connectivity index (χ1v) is 5.76. The van der Waals surface area contributed by atoms with Gasteiger partial charge < -0.3 is 9.47 Å². The third kappa shape index (κ3) is 3.13. The van der Waals surface area contributed by atoms with Gasteiger partial charge in [-0.25, -0.2) is 9.78 Å². The Balaban J connectivity index is 3.10. The number of pyridine rings is 1. The number of aromatic nitrogens is 1. The first kappa shape index (κ1) is 12.8. The van der Waals surface area contributed by atoms with Crippen LogP contribution < -0.4 is 4.74 Å². The molecule has 0 aliphatic rings. The minimum Gasteiger partial charge on any atom is -0.481 e. The van der Waals surface area contributed by atoms with E-state index in [0.717, 1.165) is 0 Å². The first-order chi connectivity index (χ1) is 7.58. The van der Waals surface area contributed by atoms with Crippen LogP contribution in [0.1, 0.15) is 24.2 Å². The van der Waals surface area contributed by atoms with E-state index in [9.17, 15) is 4.79 Å². The highest BCUT2D eigenvalue weighted by molar-refractivity contribution is 7.99. The maximum atomic E-state index is 11.5. The third-order valence-corrected chi connectivity index (χ3v) is 2.80. The van der Waals surface area contributed by atoms with Crippen LogP contribution in [0.2, 0.25) is 0 Å². The van der Waals surface area contributed by atoms with Gasteiger partial charge in [0.25, 0.3) is 0 Å². The van der Waals surface area contributed by atoms with Crippen molar-refractivity contribution in [2.75, 3.05) is 14.2 Å². The lowest BCUT2D eigenvalue weighted by Crippen LogP contribution is -2.06. The summed E-state index contributed by atoms with van der Waals surface area (Å²) in [5.74, 6) is 0.120. The quantitative estimate of drug-likeness (QED) is 0.598. The topological polar surface area (TPSA) is 48.4 Å². The van der Waals surface area contributed by atoms with Crippen LogP contribution in [0.4, 0.5) is 0 Å². The molecule has 0 fully saturated rings. The van der Waals surface area contributed by atoms with Gasteiger partial charge in [-0.3, -0.25) is 0 Å². The normalized spacial score (nSPS) is 10.3. The van der Waals surface area contributed by atoms with E-state index in [0.29, 0.717) is 21.7 Å². The smallest absolute Gasteiger partial charge is 0.340 e. The number of nitrogens with zero attached hydrogens (tertiary/aromatic N) is 1. The SMILES string of the molecule is COC(=O)c1ccc(OC)nc1SC(C)C. The Morgan fingerprint density at radius 1 is 1.38 bits per heavy atom. The highest BCUT2D eigenvalue weighted by Gasteiger charge is 2.15. The summed E-state index contributed by atoms with van der Waals surface area (Å²) in [5.41, 5.74) is 0.474. The van der Waals surface area contributed by atoms with Crippen LogP contribution >= 0.6 is 11.8 Å². The second-order valence-electron chi connectivity index (χ2n) is 3.36. The number of thioether (sulfide) groups is 1. The number of ether oxygens (including phenoxy) is 2. The summed E-state index contributed by atoms with van der Waals surface area (Å²) in [7, 11) is 2.90. The molecule has 0 saturated carbocycles. The van der Waals surface area contributed by atoms with Gasteiger partial charge in [-0.2, -0.15) is 0 Å². The molecule has 0 spiro atoms. The van der Waals surface area contributed by atoms with Crippen LogP contribution in [0.15, 0.2) is 17.2 Å². The molecule has 0 aliphatic carbocycles. The monoisotopic (exact) mass is 241 g/mol. The van der Waals surface area contributed by atoms with Crippen molar-refractivity contribution in [2.45, 2.75) is 24.1 Å². The lowest BCUT2D eigenvalue weighted by molar-refractivity contribution is 0.0595. The molecule has 1 aromatic rings. The van der Waals surface area contributed by atoms with Crippen molar-refractivity contribution in [3.63, 3.8) is 0 Å². The molecule has 1 rings (SSSR count). The summed E-state index contributed by atoms with van der Waals surface area (Å²) in [4.78, 5) is 15.7. The van der Waals surface area contributed by atoms with E-state index in [1.807, 2.05) is 13.8 Å². The summed E-state index contributed by atoms with van der Waals surface area (Å²) >= 11 is 1.51. The lowest BCUT2D eigenvalue weighted by Gasteiger charge is -2.10. The van der Waals surface area contributed by atoms with E-state index in [1.54, 1.807) is 19.2 Å². The van der Waals surface area contributed by atoms with Crippen LogP contribution in [0, 0.1) is 0 Å². The van der Waals surface area contributed by atoms with Crippen molar-refractivity contribution in [2.24, 2.45) is 0 Å². The summed E-state index contributed by atoms with van der Waals surface area (Å²) in [6, 6.07) is 3.32. The fraction of sp³-hybridized carbons (Fsp3) is 0.455. The zero-order valence-electron chi connectivity index (χ0n) is 9.81. The lowest BCUT2D eigenvalue weighted by atomic mass is 10.3. The van der Waals surface area contributed by atoms with Crippen molar-refractivity contribution in [3.05, 3.63) is 17.7 Å². The molecule has 0 saturated heterocycles. The predicted molar refractivity (Wildman–Crippen MR) is 63.1 cm³/mol. The van der Waals surface area contributed by atoms with Gasteiger partial charge in [-0.05, 0) is 6.07 Å². The van der Waals surface area contributed by atoms with Gasteiger partial charge in [-0.15, -0.1) is 11.8 Å². The number of carbonyl (C=O) groups excluding carboxylic acids is 1. The van der Waals surface area contributed by atoms with E-state index in [1.165, 1.54) is 18.9 Å². The molecule has 1 aromatic heterocycles. The summed E-state index contributed by atoms with van der Waals surface area (Å²) < 4.78 is 9.73. The molecular formula is C11H15NO3S. The molecule has 0 aliphatic heterocycles. The van der Waals surface area contributed by atoms with Crippen molar-refractivity contribution in [1.29, 1.82) is 0 Å². The summed E-state index contributed by atoms with van der Waals surface area (Å²) in [6.45, 7) is 4.07. The fourth-order valence-corrected chi connectivity index (χ4v) is 1.98. The van der Waals surface area contributed by atoms with Gasteiger partial charge in [0.15, 0.2) is 0 Å². The Labute approximate surface area is 99.4 Å². The molecule has 0 atom stereocenters. The van der Waals surface area contributed by atoms with Crippen LogP contribution in [-0.2, 0) is 4.74 Å². The zero-order chi connectivity index (χ0) is 12.1. The molecule has 16 heavy (non-hydrogen) atoms. The van der Waals surface area contributed by atoms with Crippen LogP contribution in [0.25, 0.3) is 0 Å². The Hall–Kier alpha value is -1.23. The fourth-order valence-electron chi connectivity index (χ4n) is 1.12. The number of hydrogen-bond acceptors (Lipinski definition) is 5. The van der Waals surface area contributed by atoms with Crippen molar-refractivity contribution in [1.82, 2.24) is 4.98 Å². The zero-order valence-corrected chi connectivity index (χ0v) is 10.6. The Kier molecular flexibility index (Phi) is 4.61. The van der Waals surface area contributed by atoms with Gasteiger partial charge in [0.2, 0.25) is 5.88 Å². The molecule has 0 radical (unpaired) electrons. The van der Waals surface area contributed by atoms with E-state index in [-0.39, 0.29) is 5.97 Å². The van der Waals surface area contributed by atoms with Crippen LogP contribution in [0.5, 0.6) is 5.88 Å². The number of esters is 1. The number of hydrogen-bond donors (Lipinski definition) is 0. The predicted octanol–water partition coefficient (Wildman–Crippen LogP) is 2.38. The number of methoxy groups -OCH3 is 2. The van der Waals surface area contributed by atoms with E-state index < -0.39 is 0 Å². The van der Waals surface area contributed by atoms with Crippen molar-refractivity contribution < 1.29 is 14.3 Å². The highest BCUT2D eigenvalue weighted by Crippen LogP contribution is 2.27. The Bertz CT molecular complexity index is 379. The van der Waals surface area contributed by atoms with E-state index >= 15 is 0 Å². The minimum absolute atomic E-state index is 0.336. The molecular weight excluding hydrogens is 226 g/mol. The van der Waals surface area contributed by atoms with Gasteiger partial charge in [-0.1, -0.05) is 13.8 Å². The van der Waals surface area contributed by atoms with E-state index in [4.69, 9.17) is 9.47 Å². The molecule has 0 aromatic carbocycles. The number of rotatable bonds is 4. The Morgan fingerprint density at radius 3 is 2.56 bits per heavy atom. The minimum atomic E-state index is -0.377. The molecule has 0 bridgehead atoms. The van der Waals surface area contributed by atoms with Gasteiger partial charge >= 0.3 is 5.97 Å². The molecule has 1 heterocycles. The second-order valence-corrected chi connectivity index (χ2v) is 4.93. The van der Waals surface area contributed by atoms with E-state index in [2.05, 4.69) is 4.98 Å². The van der Waals surface area contributed by atoms with Gasteiger partial charge in [0, 0.05) is 11.3 Å². The average Bonchev–Trinajstić information content (AvgIpc) is 2.27. The van der Waals surface area contributed by atoms with Crippen molar-refractivity contribution >= 4 is 17.7 Å². The van der Waals surface area contributed by atoms with Crippen molar-refractivity contribution in [3.8, 4) is 5.88 Å². The average molecular weight is 241 g/mol. The van der Waals surface area contributed by atoms with Gasteiger partial charge in [0.1, 0.15) is 5.03 Å². The van der Waals surface area contributed by atoms with Gasteiger partial charge in [0.05, 0.1) is 19.8 Å². The molecule has 0 amide bonds. The van der Waals surface area contributed by atoms with Crippen LogP contribution in [-0.4, -0.2) is 30.4 Å². The Morgan fingerprint density at radius 2 is 2.06 bits per heavy atom. The molecule has 88 valence electrons. The first-order valence-electron chi connectivity index (χ1n) is 4.88. The maximum Gasteiger partial charge on any atom is 0.340 e. The number of carbonyl (C=O) groups is 1. The molecule has 0 unspecified atom stereocenters. The third-order valence-electron chi connectivity index (χ3n) is 1.80. The van der Waals surface area contributed by atoms with Crippen LogP contribution in [0.3, 0.4) is 0 Å².